The number of amides is 1. The van der Waals surface area contributed by atoms with E-state index in [1.54, 1.807) is 67.6 Å². The Morgan fingerprint density at radius 3 is 2.20 bits per heavy atom. The number of carbonyl (C=O) groups excluding carboxylic acids is 2. The fraction of sp³-hybridized carbons (Fsp3) is 0.130. The third-order valence-electron chi connectivity index (χ3n) is 4.46. The van der Waals surface area contributed by atoms with E-state index >= 15 is 0 Å². The average Bonchev–Trinajstić information content (AvgIpc) is 2.74. The molecule has 0 saturated carbocycles. The number of nitrogens with zero attached hydrogens (tertiary/aromatic N) is 1. The molecule has 0 unspecified atom stereocenters. The van der Waals surface area contributed by atoms with Crippen LogP contribution in [0.3, 0.4) is 0 Å². The van der Waals surface area contributed by atoms with Gasteiger partial charge in [-0.05, 0) is 37.6 Å². The van der Waals surface area contributed by atoms with E-state index in [2.05, 4.69) is 5.32 Å². The molecule has 3 aromatic carbocycles. The van der Waals surface area contributed by atoms with Crippen molar-refractivity contribution in [2.24, 2.45) is 0 Å². The zero-order valence-electron chi connectivity index (χ0n) is 16.5. The van der Waals surface area contributed by atoms with Gasteiger partial charge in [0.15, 0.2) is 0 Å². The van der Waals surface area contributed by atoms with Gasteiger partial charge in [-0.15, -0.1) is 0 Å². The maximum atomic E-state index is 13.0. The Kier molecular flexibility index (Phi) is 6.22. The summed E-state index contributed by atoms with van der Waals surface area (Å²) < 4.78 is 5.50. The molecule has 0 saturated heterocycles. The molecule has 152 valence electrons. The van der Waals surface area contributed by atoms with Crippen LogP contribution >= 0.6 is 0 Å². The lowest BCUT2D eigenvalue weighted by atomic mass is 10.1. The van der Waals surface area contributed by atoms with Gasteiger partial charge in [0.05, 0.1) is 10.5 Å². The van der Waals surface area contributed by atoms with Crippen molar-refractivity contribution >= 4 is 23.3 Å². The highest BCUT2D eigenvalue weighted by Crippen LogP contribution is 2.28. The second-order valence-corrected chi connectivity index (χ2v) is 6.83. The lowest BCUT2D eigenvalue weighted by molar-refractivity contribution is -0.384. The second-order valence-electron chi connectivity index (χ2n) is 6.83. The van der Waals surface area contributed by atoms with Gasteiger partial charge in [0.25, 0.3) is 11.6 Å². The summed E-state index contributed by atoms with van der Waals surface area (Å²) >= 11 is 0. The van der Waals surface area contributed by atoms with Crippen LogP contribution < -0.4 is 5.32 Å². The van der Waals surface area contributed by atoms with E-state index in [0.29, 0.717) is 16.7 Å². The first-order chi connectivity index (χ1) is 14.3. The van der Waals surface area contributed by atoms with E-state index in [9.17, 15) is 19.7 Å². The van der Waals surface area contributed by atoms with Gasteiger partial charge in [-0.2, -0.15) is 0 Å². The highest BCUT2D eigenvalue weighted by Gasteiger charge is 2.27. The fourth-order valence-electron chi connectivity index (χ4n) is 2.86. The summed E-state index contributed by atoms with van der Waals surface area (Å²) in [5, 5.41) is 13.9. The number of esters is 1. The SMILES string of the molecule is Cc1ccc(C(=O)O[C@@H](C(=O)Nc2ccc(C)cc2[N+](=O)[O-])c2ccccc2)cc1. The maximum Gasteiger partial charge on any atom is 0.339 e. The Labute approximate surface area is 173 Å². The molecule has 0 spiro atoms. The van der Waals surface area contributed by atoms with Crippen molar-refractivity contribution in [3.05, 3.63) is 105 Å². The van der Waals surface area contributed by atoms with Gasteiger partial charge in [-0.3, -0.25) is 14.9 Å². The smallest absolute Gasteiger partial charge is 0.339 e. The molecule has 7 heteroatoms. The zero-order chi connectivity index (χ0) is 21.7. The Morgan fingerprint density at radius 2 is 1.57 bits per heavy atom. The number of nitro groups is 1. The molecule has 0 aliphatic carbocycles. The van der Waals surface area contributed by atoms with Gasteiger partial charge >= 0.3 is 5.97 Å². The summed E-state index contributed by atoms with van der Waals surface area (Å²) in [5.74, 6) is -1.36. The number of nitrogens with one attached hydrogen (secondary N) is 1. The minimum absolute atomic E-state index is 0.0305. The summed E-state index contributed by atoms with van der Waals surface area (Å²) in [4.78, 5) is 36.4. The molecule has 7 nitrogen and oxygen atoms in total. The number of anilines is 1. The average molecular weight is 404 g/mol. The van der Waals surface area contributed by atoms with Crippen LogP contribution in [-0.2, 0) is 9.53 Å². The summed E-state index contributed by atoms with van der Waals surface area (Å²) in [6.45, 7) is 3.61. The highest BCUT2D eigenvalue weighted by atomic mass is 16.6. The summed E-state index contributed by atoms with van der Waals surface area (Å²) in [5.41, 5.74) is 2.21. The molecule has 1 atom stereocenters. The summed E-state index contributed by atoms with van der Waals surface area (Å²) in [6.07, 6.45) is -1.28. The van der Waals surface area contributed by atoms with E-state index in [4.69, 9.17) is 4.74 Å². The van der Waals surface area contributed by atoms with Gasteiger partial charge in [-0.25, -0.2) is 4.79 Å². The molecular weight excluding hydrogens is 384 g/mol. The highest BCUT2D eigenvalue weighted by molar-refractivity contribution is 5.99. The Bertz CT molecular complexity index is 1080. The van der Waals surface area contributed by atoms with E-state index < -0.39 is 22.9 Å². The number of hydrogen-bond acceptors (Lipinski definition) is 5. The third-order valence-corrected chi connectivity index (χ3v) is 4.46. The van der Waals surface area contributed by atoms with E-state index in [1.807, 2.05) is 6.92 Å². The number of benzene rings is 3. The van der Waals surface area contributed by atoms with Gasteiger partial charge in [0.1, 0.15) is 5.69 Å². The monoisotopic (exact) mass is 404 g/mol. The van der Waals surface area contributed by atoms with E-state index in [-0.39, 0.29) is 11.4 Å². The number of nitro benzene ring substituents is 1. The first kappa shape index (κ1) is 20.7. The van der Waals surface area contributed by atoms with Crippen molar-refractivity contribution in [3.63, 3.8) is 0 Å². The fourth-order valence-corrected chi connectivity index (χ4v) is 2.86. The minimum Gasteiger partial charge on any atom is -0.444 e. The van der Waals surface area contributed by atoms with Crippen molar-refractivity contribution in [2.75, 3.05) is 5.32 Å². The van der Waals surface area contributed by atoms with Crippen LogP contribution in [0, 0.1) is 24.0 Å². The van der Waals surface area contributed by atoms with E-state index in [1.165, 1.54) is 12.1 Å². The summed E-state index contributed by atoms with van der Waals surface area (Å²) in [7, 11) is 0. The van der Waals surface area contributed by atoms with E-state index in [0.717, 1.165) is 5.56 Å². The van der Waals surface area contributed by atoms with Crippen LogP contribution in [0.2, 0.25) is 0 Å². The molecule has 0 heterocycles. The van der Waals surface area contributed by atoms with Crippen LogP contribution in [0.4, 0.5) is 11.4 Å². The molecule has 0 radical (unpaired) electrons. The van der Waals surface area contributed by atoms with Crippen LogP contribution in [0.5, 0.6) is 0 Å². The molecule has 0 fully saturated rings. The zero-order valence-corrected chi connectivity index (χ0v) is 16.5. The van der Waals surface area contributed by atoms with Crippen molar-refractivity contribution in [3.8, 4) is 0 Å². The standard InChI is InChI=1S/C23H20N2O5/c1-15-8-11-18(12-9-15)23(27)30-21(17-6-4-3-5-7-17)22(26)24-19-13-10-16(2)14-20(19)25(28)29/h3-14,21H,1-2H3,(H,24,26)/t21-/m1/s1. The topological polar surface area (TPSA) is 98.5 Å². The van der Waals surface area contributed by atoms with Crippen molar-refractivity contribution < 1.29 is 19.2 Å². The predicted octanol–water partition coefficient (Wildman–Crippen LogP) is 4.75. The Hall–Kier alpha value is -4.00. The number of carbonyl (C=O) groups is 2. The van der Waals surface area contributed by atoms with Crippen LogP contribution in [0.1, 0.15) is 33.2 Å². The lowest BCUT2D eigenvalue weighted by Gasteiger charge is -2.18. The van der Waals surface area contributed by atoms with Gasteiger partial charge in [0, 0.05) is 11.6 Å². The molecule has 1 N–H and O–H groups in total. The number of hydrogen-bond donors (Lipinski definition) is 1. The molecule has 3 aromatic rings. The predicted molar refractivity (Wildman–Crippen MR) is 112 cm³/mol. The second kappa shape index (κ2) is 9.00. The quantitative estimate of drug-likeness (QED) is 0.363. The maximum absolute atomic E-state index is 13.0. The van der Waals surface area contributed by atoms with Crippen LogP contribution in [0.15, 0.2) is 72.8 Å². The number of aryl methyl sites for hydroxylation is 2. The number of ether oxygens (including phenoxy) is 1. The van der Waals surface area contributed by atoms with Gasteiger partial charge in [0.2, 0.25) is 6.10 Å². The molecule has 3 rings (SSSR count). The largest absolute Gasteiger partial charge is 0.444 e. The Balaban J connectivity index is 1.89. The normalized spacial score (nSPS) is 11.4. The first-order valence-corrected chi connectivity index (χ1v) is 9.23. The molecule has 30 heavy (non-hydrogen) atoms. The molecule has 0 bridgehead atoms. The summed E-state index contributed by atoms with van der Waals surface area (Å²) in [6, 6.07) is 19.7. The van der Waals surface area contributed by atoms with Crippen molar-refractivity contribution in [1.82, 2.24) is 0 Å². The van der Waals surface area contributed by atoms with Crippen molar-refractivity contribution in [1.29, 1.82) is 0 Å². The molecule has 0 aliphatic rings. The molecular formula is C23H20N2O5. The Morgan fingerprint density at radius 1 is 0.933 bits per heavy atom. The van der Waals surface area contributed by atoms with Crippen LogP contribution in [0.25, 0.3) is 0 Å². The molecule has 1 amide bonds. The van der Waals surface area contributed by atoms with Gasteiger partial charge in [-0.1, -0.05) is 54.1 Å². The lowest BCUT2D eigenvalue weighted by Crippen LogP contribution is -2.26. The first-order valence-electron chi connectivity index (χ1n) is 9.23. The minimum atomic E-state index is -1.28. The van der Waals surface area contributed by atoms with Crippen LogP contribution in [-0.4, -0.2) is 16.8 Å². The van der Waals surface area contributed by atoms with Gasteiger partial charge < -0.3 is 10.1 Å². The van der Waals surface area contributed by atoms with Crippen molar-refractivity contribution in [2.45, 2.75) is 20.0 Å². The molecule has 0 aromatic heterocycles. The molecule has 0 aliphatic heterocycles. The number of rotatable bonds is 6. The third kappa shape index (κ3) is 4.88.